The van der Waals surface area contributed by atoms with E-state index in [4.69, 9.17) is 0 Å². The van der Waals surface area contributed by atoms with Crippen LogP contribution in [0.15, 0.2) is 29.3 Å². The van der Waals surface area contributed by atoms with Gasteiger partial charge in [0, 0.05) is 26.7 Å². The summed E-state index contributed by atoms with van der Waals surface area (Å²) in [4.78, 5) is 6.80. The van der Waals surface area contributed by atoms with E-state index in [-0.39, 0.29) is 5.82 Å². The Hall–Kier alpha value is -1.58. The highest BCUT2D eigenvalue weighted by Gasteiger charge is 2.40. The van der Waals surface area contributed by atoms with E-state index in [0.29, 0.717) is 11.8 Å². The number of aliphatic imine (C=N–C) groups is 1. The van der Waals surface area contributed by atoms with Gasteiger partial charge in [-0.3, -0.25) is 4.99 Å². The van der Waals surface area contributed by atoms with Gasteiger partial charge in [-0.25, -0.2) is 4.39 Å². The zero-order valence-electron chi connectivity index (χ0n) is 13.4. The first-order valence-electron chi connectivity index (χ1n) is 8.41. The minimum Gasteiger partial charge on any atom is -0.356 e. The molecule has 0 aromatic heterocycles. The molecule has 3 nitrogen and oxygen atoms in total. The molecule has 2 aliphatic rings. The standard InChI is InChI=1S/C18H26FN3/c1-20-17(21-12-8-15-6-2-3-7-16(15)19)22-13-11-18(14-22)9-4-5-10-18/h2-3,6-7H,4-5,8-14H2,1H3,(H,20,21). The van der Waals surface area contributed by atoms with Gasteiger partial charge < -0.3 is 10.2 Å². The van der Waals surface area contributed by atoms with Crippen LogP contribution in [-0.2, 0) is 6.42 Å². The summed E-state index contributed by atoms with van der Waals surface area (Å²) in [7, 11) is 1.84. The fraction of sp³-hybridized carbons (Fsp3) is 0.611. The minimum absolute atomic E-state index is 0.120. The van der Waals surface area contributed by atoms with Crippen molar-refractivity contribution in [3.8, 4) is 0 Å². The van der Waals surface area contributed by atoms with Crippen molar-refractivity contribution < 1.29 is 4.39 Å². The van der Waals surface area contributed by atoms with Crippen molar-refractivity contribution in [3.05, 3.63) is 35.6 Å². The maximum Gasteiger partial charge on any atom is 0.193 e. The third kappa shape index (κ3) is 3.26. The van der Waals surface area contributed by atoms with Crippen molar-refractivity contribution in [2.45, 2.75) is 38.5 Å². The van der Waals surface area contributed by atoms with Crippen molar-refractivity contribution in [2.75, 3.05) is 26.7 Å². The third-order valence-corrected chi connectivity index (χ3v) is 5.25. The molecule has 1 heterocycles. The topological polar surface area (TPSA) is 27.6 Å². The van der Waals surface area contributed by atoms with Crippen LogP contribution in [0.25, 0.3) is 0 Å². The maximum atomic E-state index is 13.6. The Kier molecular flexibility index (Phi) is 4.65. The van der Waals surface area contributed by atoms with Gasteiger partial charge in [0.1, 0.15) is 5.82 Å². The molecule has 1 saturated heterocycles. The van der Waals surface area contributed by atoms with Gasteiger partial charge in [-0.05, 0) is 42.7 Å². The first-order chi connectivity index (χ1) is 10.7. The third-order valence-electron chi connectivity index (χ3n) is 5.25. The molecular weight excluding hydrogens is 277 g/mol. The van der Waals surface area contributed by atoms with E-state index in [0.717, 1.165) is 31.2 Å². The van der Waals surface area contributed by atoms with Crippen molar-refractivity contribution >= 4 is 5.96 Å². The Labute approximate surface area is 132 Å². The molecule has 1 N–H and O–H groups in total. The van der Waals surface area contributed by atoms with Crippen molar-refractivity contribution in [2.24, 2.45) is 10.4 Å². The molecule has 120 valence electrons. The van der Waals surface area contributed by atoms with E-state index in [1.54, 1.807) is 6.07 Å². The van der Waals surface area contributed by atoms with E-state index in [1.807, 2.05) is 19.2 Å². The van der Waals surface area contributed by atoms with Crippen molar-refractivity contribution in [3.63, 3.8) is 0 Å². The fourth-order valence-electron chi connectivity index (χ4n) is 3.99. The van der Waals surface area contributed by atoms with E-state index >= 15 is 0 Å². The molecule has 4 heteroatoms. The molecule has 22 heavy (non-hydrogen) atoms. The highest BCUT2D eigenvalue weighted by atomic mass is 19.1. The summed E-state index contributed by atoms with van der Waals surface area (Å²) >= 11 is 0. The molecule has 0 atom stereocenters. The molecule has 0 radical (unpaired) electrons. The van der Waals surface area contributed by atoms with E-state index < -0.39 is 0 Å². The maximum absolute atomic E-state index is 13.6. The molecule has 1 spiro atoms. The van der Waals surface area contributed by atoms with Crippen LogP contribution in [0.3, 0.4) is 0 Å². The summed E-state index contributed by atoms with van der Waals surface area (Å²) in [5.74, 6) is 0.852. The Bertz CT molecular complexity index is 535. The van der Waals surface area contributed by atoms with E-state index in [9.17, 15) is 4.39 Å². The van der Waals surface area contributed by atoms with E-state index in [1.165, 1.54) is 38.2 Å². The second kappa shape index (κ2) is 6.67. The van der Waals surface area contributed by atoms with Gasteiger partial charge in [0.2, 0.25) is 0 Å². The van der Waals surface area contributed by atoms with Crippen LogP contribution in [0, 0.1) is 11.2 Å². The van der Waals surface area contributed by atoms with Crippen LogP contribution in [0.5, 0.6) is 0 Å². The highest BCUT2D eigenvalue weighted by molar-refractivity contribution is 5.80. The lowest BCUT2D eigenvalue weighted by molar-refractivity contribution is 0.309. The quantitative estimate of drug-likeness (QED) is 0.686. The van der Waals surface area contributed by atoms with Gasteiger partial charge in [0.05, 0.1) is 0 Å². The Morgan fingerprint density at radius 3 is 2.77 bits per heavy atom. The lowest BCUT2D eigenvalue weighted by Crippen LogP contribution is -2.41. The molecule has 1 aromatic carbocycles. The summed E-state index contributed by atoms with van der Waals surface area (Å²) in [5, 5.41) is 3.40. The summed E-state index contributed by atoms with van der Waals surface area (Å²) in [5.41, 5.74) is 1.31. The number of hydrogen-bond acceptors (Lipinski definition) is 1. The highest BCUT2D eigenvalue weighted by Crippen LogP contribution is 2.45. The Balaban J connectivity index is 1.52. The fourth-order valence-corrected chi connectivity index (χ4v) is 3.99. The zero-order chi connectivity index (χ0) is 15.4. The van der Waals surface area contributed by atoms with Crippen LogP contribution in [0.1, 0.15) is 37.7 Å². The molecule has 1 aliphatic heterocycles. The van der Waals surface area contributed by atoms with Gasteiger partial charge in [0.15, 0.2) is 5.96 Å². The van der Waals surface area contributed by atoms with Crippen molar-refractivity contribution in [1.29, 1.82) is 0 Å². The predicted octanol–water partition coefficient (Wildman–Crippen LogP) is 3.21. The van der Waals surface area contributed by atoms with Crippen LogP contribution >= 0.6 is 0 Å². The first kappa shape index (κ1) is 15.3. The summed E-state index contributed by atoms with van der Waals surface area (Å²) < 4.78 is 13.6. The monoisotopic (exact) mass is 303 g/mol. The molecular formula is C18H26FN3. The van der Waals surface area contributed by atoms with Gasteiger partial charge >= 0.3 is 0 Å². The largest absolute Gasteiger partial charge is 0.356 e. The normalized spacial score (nSPS) is 20.8. The molecule has 3 rings (SSSR count). The number of hydrogen-bond donors (Lipinski definition) is 1. The smallest absolute Gasteiger partial charge is 0.193 e. The van der Waals surface area contributed by atoms with E-state index in [2.05, 4.69) is 15.2 Å². The SMILES string of the molecule is CN=C(NCCc1ccccc1F)N1CCC2(CCCC2)C1. The summed E-state index contributed by atoms with van der Waals surface area (Å²) in [6, 6.07) is 6.99. The molecule has 0 amide bonds. The van der Waals surface area contributed by atoms with Gasteiger partial charge in [-0.2, -0.15) is 0 Å². The number of halogens is 1. The molecule has 0 bridgehead atoms. The molecule has 1 aliphatic carbocycles. The Morgan fingerprint density at radius 2 is 2.05 bits per heavy atom. The van der Waals surface area contributed by atoms with Crippen LogP contribution in [-0.4, -0.2) is 37.5 Å². The second-order valence-electron chi connectivity index (χ2n) is 6.69. The first-order valence-corrected chi connectivity index (χ1v) is 8.41. The minimum atomic E-state index is -0.120. The average Bonchev–Trinajstić information content (AvgIpc) is 3.16. The number of nitrogens with zero attached hydrogens (tertiary/aromatic N) is 2. The van der Waals surface area contributed by atoms with Gasteiger partial charge in [-0.15, -0.1) is 0 Å². The van der Waals surface area contributed by atoms with Gasteiger partial charge in [0.25, 0.3) is 0 Å². The average molecular weight is 303 g/mol. The lowest BCUT2D eigenvalue weighted by atomic mass is 9.86. The molecule has 2 fully saturated rings. The second-order valence-corrected chi connectivity index (χ2v) is 6.69. The molecule has 0 unspecified atom stereocenters. The number of rotatable bonds is 3. The number of likely N-dealkylation sites (tertiary alicyclic amines) is 1. The molecule has 1 aromatic rings. The Morgan fingerprint density at radius 1 is 1.27 bits per heavy atom. The van der Waals surface area contributed by atoms with Crippen molar-refractivity contribution in [1.82, 2.24) is 10.2 Å². The predicted molar refractivity (Wildman–Crippen MR) is 88.6 cm³/mol. The number of benzene rings is 1. The summed E-state index contributed by atoms with van der Waals surface area (Å²) in [6.07, 6.45) is 7.48. The van der Waals surface area contributed by atoms with Crippen LogP contribution < -0.4 is 5.32 Å². The number of guanidine groups is 1. The van der Waals surface area contributed by atoms with Crippen LogP contribution in [0.2, 0.25) is 0 Å². The lowest BCUT2D eigenvalue weighted by Gasteiger charge is -2.26. The number of nitrogens with one attached hydrogen (secondary N) is 1. The van der Waals surface area contributed by atoms with Crippen LogP contribution in [0.4, 0.5) is 4.39 Å². The van der Waals surface area contributed by atoms with Gasteiger partial charge in [-0.1, -0.05) is 31.0 Å². The molecule has 1 saturated carbocycles. The summed E-state index contributed by atoms with van der Waals surface area (Å²) in [6.45, 7) is 2.95. The zero-order valence-corrected chi connectivity index (χ0v) is 13.4.